The number of carboxylic acid groups (broad SMARTS) is 1. The van der Waals surface area contributed by atoms with Crippen molar-refractivity contribution in [3.8, 4) is 5.75 Å². The van der Waals surface area contributed by atoms with Gasteiger partial charge in [-0.2, -0.15) is 0 Å². The predicted octanol–water partition coefficient (Wildman–Crippen LogP) is 4.77. The zero-order valence-corrected chi connectivity index (χ0v) is 20.1. The van der Waals surface area contributed by atoms with Crippen LogP contribution in [0.2, 0.25) is 0 Å². The summed E-state index contributed by atoms with van der Waals surface area (Å²) in [6.07, 6.45) is 2.04. The van der Waals surface area contributed by atoms with Crippen LogP contribution < -0.4 is 4.74 Å². The lowest BCUT2D eigenvalue weighted by Gasteiger charge is -2.24. The maximum atomic E-state index is 13.2. The number of benzene rings is 3. The second kappa shape index (κ2) is 10.3. The van der Waals surface area contributed by atoms with Crippen molar-refractivity contribution >= 4 is 11.9 Å². The van der Waals surface area contributed by atoms with Crippen LogP contribution in [-0.2, 0) is 35.3 Å². The van der Waals surface area contributed by atoms with E-state index in [9.17, 15) is 19.1 Å². The minimum absolute atomic E-state index is 0.128. The van der Waals surface area contributed by atoms with Crippen molar-refractivity contribution in [1.29, 1.82) is 0 Å². The normalized spacial score (nSPS) is 16.4. The van der Waals surface area contributed by atoms with Gasteiger partial charge in [-0.25, -0.2) is 4.39 Å². The number of carboxylic acids is 1. The number of aliphatic carboxylic acids is 1. The van der Waals surface area contributed by atoms with Crippen molar-refractivity contribution in [2.24, 2.45) is 0 Å². The lowest BCUT2D eigenvalue weighted by atomic mass is 9.91. The Morgan fingerprint density at radius 1 is 1.03 bits per heavy atom. The molecule has 0 fully saturated rings. The van der Waals surface area contributed by atoms with Crippen LogP contribution in [0.25, 0.3) is 0 Å². The van der Waals surface area contributed by atoms with Crippen LogP contribution in [0, 0.1) is 12.7 Å². The molecular formula is C29H30FNO4. The number of halogens is 1. The Morgan fingerprint density at radius 2 is 1.77 bits per heavy atom. The van der Waals surface area contributed by atoms with Crippen molar-refractivity contribution < 1.29 is 23.8 Å². The van der Waals surface area contributed by atoms with E-state index in [-0.39, 0.29) is 24.7 Å². The van der Waals surface area contributed by atoms with Gasteiger partial charge in [-0.1, -0.05) is 54.1 Å². The lowest BCUT2D eigenvalue weighted by molar-refractivity contribution is -0.144. The van der Waals surface area contributed by atoms with E-state index in [2.05, 4.69) is 0 Å². The maximum Gasteiger partial charge on any atom is 0.323 e. The topological polar surface area (TPSA) is 66.8 Å². The second-order valence-corrected chi connectivity index (χ2v) is 9.60. The number of ether oxygens (including phenoxy) is 1. The highest BCUT2D eigenvalue weighted by molar-refractivity contribution is 5.83. The van der Waals surface area contributed by atoms with Crippen LogP contribution in [0.4, 0.5) is 4.39 Å². The van der Waals surface area contributed by atoms with Gasteiger partial charge in [0.25, 0.3) is 0 Å². The summed E-state index contributed by atoms with van der Waals surface area (Å²) in [4.78, 5) is 25.8. The molecule has 1 heterocycles. The van der Waals surface area contributed by atoms with Gasteiger partial charge in [0.1, 0.15) is 23.7 Å². The molecule has 0 unspecified atom stereocenters. The molecule has 1 aliphatic heterocycles. The van der Waals surface area contributed by atoms with Crippen LogP contribution >= 0.6 is 0 Å². The average Bonchev–Trinajstić information content (AvgIpc) is 3.13. The third-order valence-corrected chi connectivity index (χ3v) is 6.32. The van der Waals surface area contributed by atoms with Gasteiger partial charge in [-0.15, -0.1) is 0 Å². The SMILES string of the molecule is Cc1cccc(CCN(CC(=O)O)C(=O)Cc2ccc3c(c2)C[C@@](C)(Cc2ccc(F)cc2)O3)c1. The number of aryl methyl sites for hydroxylation is 1. The fourth-order valence-corrected chi connectivity index (χ4v) is 4.69. The van der Waals surface area contributed by atoms with Gasteiger partial charge >= 0.3 is 5.97 Å². The quantitative estimate of drug-likeness (QED) is 0.484. The Kier molecular flexibility index (Phi) is 7.20. The van der Waals surface area contributed by atoms with E-state index in [4.69, 9.17) is 4.74 Å². The zero-order valence-electron chi connectivity index (χ0n) is 20.1. The number of rotatable bonds is 9. The van der Waals surface area contributed by atoms with Gasteiger partial charge in [-0.05, 0) is 60.7 Å². The van der Waals surface area contributed by atoms with E-state index < -0.39 is 11.6 Å². The Bertz CT molecular complexity index is 1220. The molecule has 6 heteroatoms. The molecule has 0 bridgehead atoms. The zero-order chi connectivity index (χ0) is 25.0. The molecule has 182 valence electrons. The minimum Gasteiger partial charge on any atom is -0.487 e. The summed E-state index contributed by atoms with van der Waals surface area (Å²) >= 11 is 0. The average molecular weight is 476 g/mol. The van der Waals surface area contributed by atoms with Crippen molar-refractivity contribution in [2.75, 3.05) is 13.1 Å². The standard InChI is InChI=1S/C29H30FNO4/c1-20-4-3-5-21(14-20)12-13-31(19-28(33)34)27(32)16-23-8-11-26-24(15-23)18-29(2,35-26)17-22-6-9-25(30)10-7-22/h3-11,14-15H,12-13,16-19H2,1-2H3,(H,33,34)/t29-/m1/s1. The third kappa shape index (κ3) is 6.47. The summed E-state index contributed by atoms with van der Waals surface area (Å²) in [5.74, 6) is -0.721. The van der Waals surface area contributed by atoms with E-state index in [1.54, 1.807) is 12.1 Å². The van der Waals surface area contributed by atoms with Crippen LogP contribution in [0.5, 0.6) is 5.75 Å². The molecule has 0 aliphatic carbocycles. The number of amides is 1. The molecule has 1 aliphatic rings. The Labute approximate surface area is 205 Å². The highest BCUT2D eigenvalue weighted by Gasteiger charge is 2.35. The highest BCUT2D eigenvalue weighted by atomic mass is 19.1. The first-order valence-corrected chi connectivity index (χ1v) is 11.8. The van der Waals surface area contributed by atoms with E-state index in [0.717, 1.165) is 33.6 Å². The van der Waals surface area contributed by atoms with E-state index in [0.29, 0.717) is 25.8 Å². The number of hydrogen-bond donors (Lipinski definition) is 1. The van der Waals surface area contributed by atoms with E-state index in [1.165, 1.54) is 17.0 Å². The van der Waals surface area contributed by atoms with Crippen molar-refractivity contribution in [3.05, 3.63) is 100 Å². The molecule has 3 aromatic rings. The number of nitrogens with zero attached hydrogens (tertiary/aromatic N) is 1. The van der Waals surface area contributed by atoms with Gasteiger partial charge in [0.15, 0.2) is 0 Å². The number of fused-ring (bicyclic) bond motifs is 1. The first kappa shape index (κ1) is 24.5. The molecule has 1 amide bonds. The summed E-state index contributed by atoms with van der Waals surface area (Å²) in [6.45, 7) is 4.06. The van der Waals surface area contributed by atoms with Gasteiger partial charge in [0, 0.05) is 19.4 Å². The molecule has 5 nitrogen and oxygen atoms in total. The monoisotopic (exact) mass is 475 g/mol. The molecule has 1 atom stereocenters. The lowest BCUT2D eigenvalue weighted by Crippen LogP contribution is -2.38. The highest BCUT2D eigenvalue weighted by Crippen LogP contribution is 2.37. The van der Waals surface area contributed by atoms with E-state index >= 15 is 0 Å². The molecule has 0 spiro atoms. The first-order valence-electron chi connectivity index (χ1n) is 11.8. The minimum atomic E-state index is -1.03. The summed E-state index contributed by atoms with van der Waals surface area (Å²) in [6, 6.07) is 20.2. The van der Waals surface area contributed by atoms with E-state index in [1.807, 2.05) is 56.3 Å². The van der Waals surface area contributed by atoms with Crippen molar-refractivity contribution in [1.82, 2.24) is 4.90 Å². The van der Waals surface area contributed by atoms with Gasteiger partial charge in [0.2, 0.25) is 5.91 Å². The fourth-order valence-electron chi connectivity index (χ4n) is 4.69. The van der Waals surface area contributed by atoms with Crippen LogP contribution in [-0.4, -0.2) is 40.6 Å². The number of carbonyl (C=O) groups is 2. The molecule has 0 saturated heterocycles. The summed E-state index contributed by atoms with van der Waals surface area (Å²) in [5.41, 5.74) is 4.59. The van der Waals surface area contributed by atoms with Gasteiger partial charge in [0.05, 0.1) is 6.42 Å². The largest absolute Gasteiger partial charge is 0.487 e. The predicted molar refractivity (Wildman–Crippen MR) is 132 cm³/mol. The smallest absolute Gasteiger partial charge is 0.323 e. The van der Waals surface area contributed by atoms with Crippen molar-refractivity contribution in [3.63, 3.8) is 0 Å². The molecule has 0 saturated carbocycles. The fraction of sp³-hybridized carbons (Fsp3) is 0.310. The third-order valence-electron chi connectivity index (χ3n) is 6.32. The van der Waals surface area contributed by atoms with Gasteiger partial charge < -0.3 is 14.7 Å². The molecule has 4 rings (SSSR count). The number of hydrogen-bond acceptors (Lipinski definition) is 3. The number of carbonyl (C=O) groups excluding carboxylic acids is 1. The molecule has 35 heavy (non-hydrogen) atoms. The summed E-state index contributed by atoms with van der Waals surface area (Å²) in [5, 5.41) is 9.33. The Morgan fingerprint density at radius 3 is 2.49 bits per heavy atom. The molecule has 0 aromatic heterocycles. The second-order valence-electron chi connectivity index (χ2n) is 9.60. The Hall–Kier alpha value is -3.67. The molecule has 3 aromatic carbocycles. The first-order chi connectivity index (χ1) is 16.7. The molecule has 0 radical (unpaired) electrons. The van der Waals surface area contributed by atoms with Crippen LogP contribution in [0.15, 0.2) is 66.7 Å². The maximum absolute atomic E-state index is 13.2. The Balaban J connectivity index is 1.41. The molecular weight excluding hydrogens is 445 g/mol. The molecule has 1 N–H and O–H groups in total. The van der Waals surface area contributed by atoms with Crippen LogP contribution in [0.3, 0.4) is 0 Å². The summed E-state index contributed by atoms with van der Waals surface area (Å²) < 4.78 is 19.5. The summed E-state index contributed by atoms with van der Waals surface area (Å²) in [7, 11) is 0. The van der Waals surface area contributed by atoms with Crippen LogP contribution in [0.1, 0.15) is 34.7 Å². The van der Waals surface area contributed by atoms with Crippen molar-refractivity contribution in [2.45, 2.75) is 45.1 Å². The van der Waals surface area contributed by atoms with Gasteiger partial charge in [-0.3, -0.25) is 9.59 Å².